The molecule has 17 heavy (non-hydrogen) atoms. The van der Waals surface area contributed by atoms with Crippen molar-refractivity contribution in [2.24, 2.45) is 0 Å². The van der Waals surface area contributed by atoms with Crippen LogP contribution >= 0.6 is 38.9 Å². The number of hydrogen-bond acceptors (Lipinski definition) is 3. The van der Waals surface area contributed by atoms with Gasteiger partial charge in [-0.05, 0) is 47.9 Å². The smallest absolute Gasteiger partial charge is 0.107 e. The van der Waals surface area contributed by atoms with Gasteiger partial charge in [0.1, 0.15) is 4.34 Å². The zero-order valence-electron chi connectivity index (χ0n) is 10.0. The van der Waals surface area contributed by atoms with Crippen LogP contribution in [0, 0.1) is 0 Å². The molecule has 0 amide bonds. The van der Waals surface area contributed by atoms with Crippen LogP contribution in [0.2, 0.25) is 4.34 Å². The number of nitrogens with zero attached hydrogens (tertiary/aromatic N) is 1. The molecule has 2 rings (SSSR count). The molecule has 1 aromatic heterocycles. The molecule has 0 spiro atoms. The summed E-state index contributed by atoms with van der Waals surface area (Å²) in [4.78, 5) is 3.82. The van der Waals surface area contributed by atoms with Crippen LogP contribution in [-0.2, 0) is 6.54 Å². The van der Waals surface area contributed by atoms with Gasteiger partial charge in [-0.2, -0.15) is 0 Å². The summed E-state index contributed by atoms with van der Waals surface area (Å²) in [7, 11) is 0. The molecule has 96 valence electrons. The molecule has 1 unspecified atom stereocenters. The first-order chi connectivity index (χ1) is 8.19. The average Bonchev–Trinajstić information content (AvgIpc) is 2.89. The second-order valence-electron chi connectivity index (χ2n) is 4.46. The highest BCUT2D eigenvalue weighted by atomic mass is 79.9. The molecule has 0 bridgehead atoms. The summed E-state index contributed by atoms with van der Waals surface area (Å²) in [6.45, 7) is 6.64. The second kappa shape index (κ2) is 6.53. The monoisotopic (exact) mass is 336 g/mol. The molecular weight excluding hydrogens is 320 g/mol. The van der Waals surface area contributed by atoms with Crippen molar-refractivity contribution in [3.63, 3.8) is 0 Å². The Hall–Kier alpha value is 0.390. The van der Waals surface area contributed by atoms with Gasteiger partial charge in [0.25, 0.3) is 0 Å². The van der Waals surface area contributed by atoms with Crippen molar-refractivity contribution in [3.05, 3.63) is 19.8 Å². The molecule has 2 nitrogen and oxygen atoms in total. The van der Waals surface area contributed by atoms with Gasteiger partial charge in [0.15, 0.2) is 0 Å². The first-order valence-corrected chi connectivity index (χ1v) is 8.07. The van der Waals surface area contributed by atoms with Gasteiger partial charge in [-0.1, -0.05) is 18.5 Å². The van der Waals surface area contributed by atoms with Crippen LogP contribution in [0.5, 0.6) is 0 Å². The summed E-state index contributed by atoms with van der Waals surface area (Å²) in [5.41, 5.74) is 0. The van der Waals surface area contributed by atoms with Crippen molar-refractivity contribution in [2.75, 3.05) is 19.6 Å². The molecule has 1 fully saturated rings. The predicted octanol–water partition coefficient (Wildman–Crippen LogP) is 3.74. The van der Waals surface area contributed by atoms with Crippen LogP contribution in [0.1, 0.15) is 24.6 Å². The molecule has 2 heterocycles. The minimum atomic E-state index is 0.675. The lowest BCUT2D eigenvalue weighted by atomic mass is 10.2. The summed E-state index contributed by atoms with van der Waals surface area (Å²) < 4.78 is 1.88. The van der Waals surface area contributed by atoms with Crippen molar-refractivity contribution in [2.45, 2.75) is 32.4 Å². The molecule has 1 atom stereocenters. The lowest BCUT2D eigenvalue weighted by Gasteiger charge is -2.23. The fourth-order valence-corrected chi connectivity index (χ4v) is 4.05. The van der Waals surface area contributed by atoms with E-state index in [-0.39, 0.29) is 0 Å². The van der Waals surface area contributed by atoms with Crippen molar-refractivity contribution in [1.29, 1.82) is 0 Å². The molecule has 1 aromatic rings. The molecule has 5 heteroatoms. The molecule has 1 aliphatic heterocycles. The van der Waals surface area contributed by atoms with Crippen LogP contribution < -0.4 is 5.32 Å². The van der Waals surface area contributed by atoms with Crippen molar-refractivity contribution >= 4 is 38.9 Å². The zero-order chi connectivity index (χ0) is 12.3. The van der Waals surface area contributed by atoms with E-state index in [9.17, 15) is 0 Å². The van der Waals surface area contributed by atoms with Gasteiger partial charge in [-0.25, -0.2) is 0 Å². The van der Waals surface area contributed by atoms with E-state index < -0.39 is 0 Å². The highest BCUT2D eigenvalue weighted by Gasteiger charge is 2.17. The summed E-state index contributed by atoms with van der Waals surface area (Å²) >= 11 is 11.2. The Morgan fingerprint density at radius 2 is 2.47 bits per heavy atom. The lowest BCUT2D eigenvalue weighted by Crippen LogP contribution is -2.36. The maximum absolute atomic E-state index is 6.07. The molecular formula is C12H18BrClN2S. The van der Waals surface area contributed by atoms with Gasteiger partial charge in [0.2, 0.25) is 0 Å². The van der Waals surface area contributed by atoms with Crippen molar-refractivity contribution in [1.82, 2.24) is 10.2 Å². The van der Waals surface area contributed by atoms with Crippen molar-refractivity contribution < 1.29 is 0 Å². The van der Waals surface area contributed by atoms with Crippen LogP contribution in [0.3, 0.4) is 0 Å². The Balaban J connectivity index is 1.89. The van der Waals surface area contributed by atoms with Gasteiger partial charge >= 0.3 is 0 Å². The van der Waals surface area contributed by atoms with E-state index in [0.29, 0.717) is 6.04 Å². The molecule has 0 aliphatic carbocycles. The zero-order valence-corrected chi connectivity index (χ0v) is 13.2. The average molecular weight is 338 g/mol. The molecule has 1 saturated heterocycles. The minimum absolute atomic E-state index is 0.675. The maximum atomic E-state index is 6.07. The first-order valence-electron chi connectivity index (χ1n) is 6.08. The summed E-state index contributed by atoms with van der Waals surface area (Å²) in [6.07, 6.45) is 2.63. The third-order valence-electron chi connectivity index (χ3n) is 3.16. The van der Waals surface area contributed by atoms with E-state index in [4.69, 9.17) is 11.6 Å². The minimum Gasteiger partial charge on any atom is -0.313 e. The summed E-state index contributed by atoms with van der Waals surface area (Å²) in [5.74, 6) is 0. The number of nitrogens with one attached hydrogen (secondary N) is 1. The number of likely N-dealkylation sites (N-methyl/N-ethyl adjacent to an activating group) is 1. The molecule has 0 saturated carbocycles. The number of thiophene rings is 1. The fraction of sp³-hybridized carbons (Fsp3) is 0.667. The van der Waals surface area contributed by atoms with Gasteiger partial charge in [0.05, 0.1) is 0 Å². The SMILES string of the molecule is CCN(Cc1cc(Br)c(Cl)s1)CC1CCCN1. The molecule has 0 aromatic carbocycles. The van der Waals surface area contributed by atoms with E-state index in [0.717, 1.165) is 28.4 Å². The van der Waals surface area contributed by atoms with E-state index in [1.54, 1.807) is 11.3 Å². The Morgan fingerprint density at radius 1 is 1.65 bits per heavy atom. The third kappa shape index (κ3) is 3.93. The third-order valence-corrected chi connectivity index (χ3v) is 5.62. The van der Waals surface area contributed by atoms with Crippen LogP contribution in [0.25, 0.3) is 0 Å². The lowest BCUT2D eigenvalue weighted by molar-refractivity contribution is 0.255. The Bertz CT molecular complexity index is 344. The van der Waals surface area contributed by atoms with Crippen LogP contribution in [-0.4, -0.2) is 30.6 Å². The number of halogens is 2. The topological polar surface area (TPSA) is 15.3 Å². The van der Waals surface area contributed by atoms with Crippen LogP contribution in [0.4, 0.5) is 0 Å². The Morgan fingerprint density at radius 3 is 3.00 bits per heavy atom. The maximum Gasteiger partial charge on any atom is 0.107 e. The molecule has 1 N–H and O–H groups in total. The van der Waals surface area contributed by atoms with Gasteiger partial charge < -0.3 is 5.32 Å². The van der Waals surface area contributed by atoms with Crippen LogP contribution in [0.15, 0.2) is 10.5 Å². The molecule has 0 radical (unpaired) electrons. The standard InChI is InChI=1S/C12H18BrClN2S/c1-2-16(7-9-4-3-5-15-9)8-10-6-11(13)12(14)17-10/h6,9,15H,2-5,7-8H2,1H3. The number of rotatable bonds is 5. The van der Waals surface area contributed by atoms with E-state index in [1.165, 1.54) is 24.3 Å². The number of hydrogen-bond donors (Lipinski definition) is 1. The highest BCUT2D eigenvalue weighted by molar-refractivity contribution is 9.10. The van der Waals surface area contributed by atoms with Gasteiger partial charge in [-0.3, -0.25) is 4.90 Å². The van der Waals surface area contributed by atoms with Crippen molar-refractivity contribution in [3.8, 4) is 0 Å². The van der Waals surface area contributed by atoms with E-state index in [2.05, 4.69) is 39.1 Å². The summed E-state index contributed by atoms with van der Waals surface area (Å²) in [5, 5.41) is 3.55. The molecule has 1 aliphatic rings. The predicted molar refractivity (Wildman–Crippen MR) is 79.0 cm³/mol. The summed E-state index contributed by atoms with van der Waals surface area (Å²) in [6, 6.07) is 2.81. The first kappa shape index (κ1) is 13.8. The Kier molecular flexibility index (Phi) is 5.30. The Labute approximate surface area is 120 Å². The second-order valence-corrected chi connectivity index (χ2v) is 7.05. The van der Waals surface area contributed by atoms with E-state index in [1.807, 2.05) is 0 Å². The largest absolute Gasteiger partial charge is 0.313 e. The van der Waals surface area contributed by atoms with Gasteiger partial charge in [0, 0.05) is 28.5 Å². The van der Waals surface area contributed by atoms with Gasteiger partial charge in [-0.15, -0.1) is 11.3 Å². The normalized spacial score (nSPS) is 20.4. The fourth-order valence-electron chi connectivity index (χ4n) is 2.22. The quantitative estimate of drug-likeness (QED) is 0.880. The van der Waals surface area contributed by atoms with E-state index >= 15 is 0 Å². The highest BCUT2D eigenvalue weighted by Crippen LogP contribution is 2.32.